The van der Waals surface area contributed by atoms with Crippen molar-refractivity contribution in [2.45, 2.75) is 20.0 Å². The third-order valence-electron chi connectivity index (χ3n) is 8.11. The number of imidazole rings is 1. The van der Waals surface area contributed by atoms with Crippen molar-refractivity contribution in [2.75, 3.05) is 57.8 Å². The van der Waals surface area contributed by atoms with E-state index in [9.17, 15) is 14.0 Å². The lowest BCUT2D eigenvalue weighted by Crippen LogP contribution is -2.56. The van der Waals surface area contributed by atoms with Gasteiger partial charge < -0.3 is 29.5 Å². The van der Waals surface area contributed by atoms with Crippen molar-refractivity contribution in [1.29, 1.82) is 5.26 Å². The van der Waals surface area contributed by atoms with Crippen molar-refractivity contribution in [3.8, 4) is 23.1 Å². The molecule has 12 nitrogen and oxygen atoms in total. The average molecular weight is 647 g/mol. The summed E-state index contributed by atoms with van der Waals surface area (Å²) < 4.78 is 27.2. The second-order valence-electron chi connectivity index (χ2n) is 11.1. The molecule has 0 saturated carbocycles. The lowest BCUT2D eigenvalue weighted by molar-refractivity contribution is -0.0110. The predicted octanol–water partition coefficient (Wildman–Crippen LogP) is 4.74. The first-order valence-corrected chi connectivity index (χ1v) is 15.3. The summed E-state index contributed by atoms with van der Waals surface area (Å²) in [4.78, 5) is 40.8. The van der Waals surface area contributed by atoms with Gasteiger partial charge >= 0.3 is 6.03 Å². The number of fused-ring (bicyclic) bond motifs is 1. The highest BCUT2D eigenvalue weighted by Crippen LogP contribution is 2.36. The number of rotatable bonds is 6. The van der Waals surface area contributed by atoms with Crippen LogP contribution in [-0.4, -0.2) is 99.6 Å². The van der Waals surface area contributed by atoms with E-state index >= 15 is 0 Å². The van der Waals surface area contributed by atoms with E-state index in [1.165, 1.54) is 6.07 Å². The summed E-state index contributed by atoms with van der Waals surface area (Å²) in [6.45, 7) is 7.11. The van der Waals surface area contributed by atoms with Crippen molar-refractivity contribution in [1.82, 2.24) is 29.1 Å². The summed E-state index contributed by atoms with van der Waals surface area (Å²) in [6.07, 6.45) is 4.87. The largest absolute Gasteiger partial charge is 0.476 e. The number of nitriles is 1. The third kappa shape index (κ3) is 6.14. The van der Waals surface area contributed by atoms with Crippen LogP contribution < -0.4 is 10.1 Å². The van der Waals surface area contributed by atoms with Gasteiger partial charge in [0.2, 0.25) is 0 Å². The summed E-state index contributed by atoms with van der Waals surface area (Å²) in [5.41, 5.74) is 3.49. The number of nitrogens with zero attached hydrogens (tertiary/aromatic N) is 7. The molecule has 4 heterocycles. The van der Waals surface area contributed by atoms with Crippen LogP contribution in [0.3, 0.4) is 0 Å². The van der Waals surface area contributed by atoms with Crippen LogP contribution in [-0.2, 0) is 4.74 Å². The first kappa shape index (κ1) is 31.1. The van der Waals surface area contributed by atoms with Gasteiger partial charge in [0.1, 0.15) is 6.07 Å². The van der Waals surface area contributed by atoms with Gasteiger partial charge in [-0.2, -0.15) is 5.26 Å². The Balaban J connectivity index is 1.14. The molecule has 0 unspecified atom stereocenters. The molecule has 0 bridgehead atoms. The number of benzene rings is 2. The number of urea groups is 1. The maximum absolute atomic E-state index is 14.9. The topological polar surface area (TPSA) is 128 Å². The second kappa shape index (κ2) is 13.2. The molecule has 4 aromatic rings. The van der Waals surface area contributed by atoms with Crippen LogP contribution in [0, 0.1) is 24.1 Å². The van der Waals surface area contributed by atoms with Crippen molar-refractivity contribution in [3.05, 3.63) is 70.9 Å². The minimum Gasteiger partial charge on any atom is -0.476 e. The quantitative estimate of drug-likeness (QED) is 0.318. The maximum atomic E-state index is 14.9. The van der Waals surface area contributed by atoms with Crippen LogP contribution in [0.1, 0.15) is 22.8 Å². The number of aromatic nitrogens is 3. The van der Waals surface area contributed by atoms with E-state index in [1.54, 1.807) is 57.1 Å². The Morgan fingerprint density at radius 1 is 1.13 bits per heavy atom. The molecule has 2 aliphatic rings. The molecule has 0 aliphatic carbocycles. The molecule has 3 amide bonds. The highest BCUT2D eigenvalue weighted by Gasteiger charge is 2.30. The van der Waals surface area contributed by atoms with Crippen molar-refractivity contribution in [3.63, 3.8) is 0 Å². The van der Waals surface area contributed by atoms with E-state index in [2.05, 4.69) is 15.3 Å². The SMILES string of the molecule is Cc1cc(Nc2nccn3c(-c4ccc(OCC#N)c(F)c4Cl)cnc23)ccc1C(=O)N1CCN(C(=O)N2CCO[C@H](C)C2)CC1. The summed E-state index contributed by atoms with van der Waals surface area (Å²) in [5, 5.41) is 11.8. The van der Waals surface area contributed by atoms with Crippen LogP contribution in [0.2, 0.25) is 5.02 Å². The number of halogens is 2. The van der Waals surface area contributed by atoms with E-state index in [-0.39, 0.29) is 35.4 Å². The Kier molecular flexibility index (Phi) is 8.92. The maximum Gasteiger partial charge on any atom is 0.320 e. The number of ether oxygens (including phenoxy) is 2. The first-order valence-electron chi connectivity index (χ1n) is 14.9. The van der Waals surface area contributed by atoms with Crippen LogP contribution >= 0.6 is 11.6 Å². The number of hydrogen-bond donors (Lipinski definition) is 1. The van der Waals surface area contributed by atoms with Crippen LogP contribution in [0.4, 0.5) is 20.7 Å². The highest BCUT2D eigenvalue weighted by atomic mass is 35.5. The molecule has 2 aromatic carbocycles. The fourth-order valence-corrected chi connectivity index (χ4v) is 5.99. The molecule has 1 atom stereocenters. The normalized spacial score (nSPS) is 16.8. The molecule has 2 fully saturated rings. The Morgan fingerprint density at radius 3 is 2.65 bits per heavy atom. The molecule has 0 spiro atoms. The minimum absolute atomic E-state index is 0.00291. The van der Waals surface area contributed by atoms with E-state index in [0.717, 1.165) is 5.56 Å². The van der Waals surface area contributed by atoms with Gasteiger partial charge in [0.15, 0.2) is 29.6 Å². The molecule has 0 radical (unpaired) electrons. The minimum atomic E-state index is -0.764. The van der Waals surface area contributed by atoms with Crippen molar-refractivity contribution < 1.29 is 23.5 Å². The number of nitrogens with one attached hydrogen (secondary N) is 1. The summed E-state index contributed by atoms with van der Waals surface area (Å²) in [6, 6.07) is 10.3. The van der Waals surface area contributed by atoms with Crippen LogP contribution in [0.25, 0.3) is 16.9 Å². The average Bonchev–Trinajstić information content (AvgIpc) is 3.50. The Bertz CT molecular complexity index is 1830. The summed E-state index contributed by atoms with van der Waals surface area (Å²) in [5.74, 6) is -0.503. The zero-order chi connectivity index (χ0) is 32.4. The van der Waals surface area contributed by atoms with Gasteiger partial charge in [-0.1, -0.05) is 11.6 Å². The number of amides is 3. The van der Waals surface area contributed by atoms with Gasteiger partial charge in [0.05, 0.1) is 29.6 Å². The first-order chi connectivity index (χ1) is 22.2. The molecule has 238 valence electrons. The number of aryl methyl sites for hydroxylation is 1. The Labute approximate surface area is 269 Å². The fourth-order valence-electron chi connectivity index (χ4n) is 5.74. The number of carbonyl (C=O) groups is 2. The zero-order valence-electron chi connectivity index (χ0n) is 25.4. The van der Waals surface area contributed by atoms with E-state index in [4.69, 9.17) is 26.3 Å². The van der Waals surface area contributed by atoms with Gasteiger partial charge in [0.25, 0.3) is 5.91 Å². The molecule has 2 aliphatic heterocycles. The van der Waals surface area contributed by atoms with Gasteiger partial charge in [-0.05, 0) is 49.7 Å². The number of hydrogen-bond acceptors (Lipinski definition) is 8. The Morgan fingerprint density at radius 2 is 1.91 bits per heavy atom. The van der Waals surface area contributed by atoms with Gasteiger partial charge in [-0.15, -0.1) is 0 Å². The summed E-state index contributed by atoms with van der Waals surface area (Å²) >= 11 is 6.35. The molecule has 2 saturated heterocycles. The smallest absolute Gasteiger partial charge is 0.320 e. The van der Waals surface area contributed by atoms with E-state index in [0.29, 0.717) is 79.8 Å². The van der Waals surface area contributed by atoms with Crippen LogP contribution in [0.15, 0.2) is 48.9 Å². The second-order valence-corrected chi connectivity index (χ2v) is 11.5. The molecular formula is C32H32ClFN8O4. The molecule has 2 aromatic heterocycles. The van der Waals surface area contributed by atoms with E-state index < -0.39 is 5.82 Å². The number of piperazine rings is 1. The van der Waals surface area contributed by atoms with Gasteiger partial charge in [-0.3, -0.25) is 9.20 Å². The lowest BCUT2D eigenvalue weighted by Gasteiger charge is -2.39. The molecule has 14 heteroatoms. The monoisotopic (exact) mass is 646 g/mol. The molecule has 1 N–H and O–H groups in total. The predicted molar refractivity (Wildman–Crippen MR) is 169 cm³/mol. The highest BCUT2D eigenvalue weighted by molar-refractivity contribution is 6.33. The zero-order valence-corrected chi connectivity index (χ0v) is 26.1. The number of anilines is 2. The van der Waals surface area contributed by atoms with Gasteiger partial charge in [0, 0.05) is 68.5 Å². The molecule has 46 heavy (non-hydrogen) atoms. The standard InChI is InChI=1S/C32H32ClFN8O4/c1-20-17-22(3-4-23(20)31(43)39-10-12-40(13-11-39)32(44)41-14-16-45-21(2)19-41)38-29-30-37-18-25(42(30)9-8-36-29)24-5-6-26(46-15-7-35)28(34)27(24)33/h3-6,8-9,17-18,21H,10-16,19H2,1-2H3,(H,36,38)/t21-/m1/s1. The van der Waals surface area contributed by atoms with Crippen molar-refractivity contribution in [2.24, 2.45) is 0 Å². The molecule has 6 rings (SSSR count). The van der Waals surface area contributed by atoms with Crippen LogP contribution in [0.5, 0.6) is 5.75 Å². The third-order valence-corrected chi connectivity index (χ3v) is 8.48. The fraction of sp³-hybridized carbons (Fsp3) is 0.344. The van der Waals surface area contributed by atoms with Crippen molar-refractivity contribution >= 4 is 40.7 Å². The Hall–Kier alpha value is -4.93. The number of morpholine rings is 1. The number of carbonyl (C=O) groups excluding carboxylic acids is 2. The van der Waals surface area contributed by atoms with E-state index in [1.807, 2.05) is 24.8 Å². The summed E-state index contributed by atoms with van der Waals surface area (Å²) in [7, 11) is 0. The molecular weight excluding hydrogens is 615 g/mol. The van der Waals surface area contributed by atoms with Gasteiger partial charge in [-0.25, -0.2) is 19.2 Å². The lowest BCUT2D eigenvalue weighted by atomic mass is 10.1.